The number of hydrogen-bond donors (Lipinski definition) is 0. The van der Waals surface area contributed by atoms with Gasteiger partial charge in [-0.3, -0.25) is 0 Å². The van der Waals surface area contributed by atoms with Gasteiger partial charge in [0.25, 0.3) is 0 Å². The first-order chi connectivity index (χ1) is 19.2. The van der Waals surface area contributed by atoms with Crippen molar-refractivity contribution < 1.29 is 26.9 Å². The number of aryl methyl sites for hydroxylation is 2. The summed E-state index contributed by atoms with van der Waals surface area (Å²) in [6.45, 7) is 15.7. The molecule has 0 N–H and O–H groups in total. The van der Waals surface area contributed by atoms with Crippen molar-refractivity contribution in [1.29, 1.82) is 0 Å². The van der Waals surface area contributed by atoms with Crippen molar-refractivity contribution in [2.45, 2.75) is 71.0 Å². The second-order valence-corrected chi connectivity index (χ2v) is 13.5. The lowest BCUT2D eigenvalue weighted by atomic mass is 9.74. The Morgan fingerprint density at radius 2 is 1.63 bits per heavy atom. The Bertz CT molecular complexity index is 1940. The van der Waals surface area contributed by atoms with Gasteiger partial charge in [-0.15, -0.1) is 0 Å². The largest absolute Gasteiger partial charge is 0.450 e. The molecule has 3 atom stereocenters. The lowest BCUT2D eigenvalue weighted by Gasteiger charge is -2.31. The summed E-state index contributed by atoms with van der Waals surface area (Å²) in [5.74, 6) is -0.853. The number of nitrogens with zero attached hydrogens (tertiary/aromatic N) is 1. The number of benzene rings is 3. The number of halogens is 3. The molecule has 0 spiro atoms. The fourth-order valence-electron chi connectivity index (χ4n) is 8.24. The first-order valence-corrected chi connectivity index (χ1v) is 14.2. The molecule has 0 bridgehead atoms. The van der Waals surface area contributed by atoms with E-state index in [4.69, 9.17) is 9.15 Å². The molecule has 3 heterocycles. The minimum absolute atomic E-state index is 0.115. The zero-order valence-corrected chi connectivity index (χ0v) is 24.8. The lowest BCUT2D eigenvalue weighted by molar-refractivity contribution is -0.709. The Hall–Kier alpha value is -3.38. The van der Waals surface area contributed by atoms with Crippen LogP contribution in [0.15, 0.2) is 52.9 Å². The van der Waals surface area contributed by atoms with Crippen molar-refractivity contribution in [1.82, 2.24) is 0 Å². The number of hydrogen-bond acceptors (Lipinski definition) is 2. The van der Waals surface area contributed by atoms with Gasteiger partial charge in [-0.1, -0.05) is 51.1 Å². The summed E-state index contributed by atoms with van der Waals surface area (Å²) in [6.07, 6.45) is -4.60. The predicted molar refractivity (Wildman–Crippen MR) is 156 cm³/mol. The molecular weight excluding hydrogens is 523 g/mol. The summed E-state index contributed by atoms with van der Waals surface area (Å²) in [5, 5.41) is 3.57. The van der Waals surface area contributed by atoms with Gasteiger partial charge in [0.05, 0.1) is 34.3 Å². The average molecular weight is 559 g/mol. The van der Waals surface area contributed by atoms with Crippen LogP contribution in [0.5, 0.6) is 0 Å². The monoisotopic (exact) mass is 558 g/mol. The van der Waals surface area contributed by atoms with Crippen LogP contribution in [0, 0.1) is 19.8 Å². The summed E-state index contributed by atoms with van der Waals surface area (Å²) >= 11 is 0. The molecule has 1 aliphatic heterocycles. The van der Waals surface area contributed by atoms with Gasteiger partial charge in [-0.25, -0.2) is 0 Å². The van der Waals surface area contributed by atoms with Gasteiger partial charge in [0.1, 0.15) is 0 Å². The Morgan fingerprint density at radius 1 is 0.951 bits per heavy atom. The number of ether oxygens (including phenoxy) is 1. The molecule has 0 radical (unpaired) electrons. The number of pyridine rings is 1. The van der Waals surface area contributed by atoms with E-state index in [1.54, 1.807) is 7.11 Å². The second kappa shape index (κ2) is 7.91. The van der Waals surface area contributed by atoms with Crippen molar-refractivity contribution in [3.8, 4) is 11.3 Å². The standard InChI is InChI=1S/C35H35F3NO2/c1-18-13-19(2)28-25(14-18)39-30(23-16-27(35(36,37)38)41-31(23)28)22-15-24(32(3,4)5)20-11-9-10-12-21(20)29(22)33(6)26(17-40-8)34(33,39)7/h9-16,26H,17H2,1-8H3/q+1. The van der Waals surface area contributed by atoms with Crippen molar-refractivity contribution in [2.75, 3.05) is 13.7 Å². The highest BCUT2D eigenvalue weighted by molar-refractivity contribution is 6.10. The lowest BCUT2D eigenvalue weighted by Crippen LogP contribution is -2.54. The first kappa shape index (κ1) is 26.5. The van der Waals surface area contributed by atoms with Gasteiger partial charge in [0.2, 0.25) is 17.0 Å². The fraction of sp³-hybridized carbons (Fsp3) is 0.400. The van der Waals surface area contributed by atoms with Crippen molar-refractivity contribution in [2.24, 2.45) is 5.92 Å². The average Bonchev–Trinajstić information content (AvgIpc) is 3.16. The molecule has 1 saturated carbocycles. The number of rotatable bonds is 2. The molecule has 5 aromatic rings. The van der Waals surface area contributed by atoms with Crippen LogP contribution in [-0.4, -0.2) is 13.7 Å². The van der Waals surface area contributed by atoms with Crippen LogP contribution >= 0.6 is 0 Å². The number of methoxy groups -OCH3 is 1. The van der Waals surface area contributed by atoms with Gasteiger partial charge in [0.15, 0.2) is 11.1 Å². The van der Waals surface area contributed by atoms with E-state index in [9.17, 15) is 13.2 Å². The van der Waals surface area contributed by atoms with E-state index in [1.165, 1.54) is 22.6 Å². The molecule has 0 saturated heterocycles. The SMILES string of the molecule is COCC1C2(C)c3c(cc(C(C)(C)C)c4ccccc34)-c3c4cc(C(F)(F)F)oc4c4c(C)cc(C)cc4[n+]3C12C. The second-order valence-electron chi connectivity index (χ2n) is 13.5. The van der Waals surface area contributed by atoms with Crippen LogP contribution in [-0.2, 0) is 27.3 Å². The normalized spacial score (nSPS) is 23.6. The van der Waals surface area contributed by atoms with Crippen LogP contribution in [0.25, 0.3) is 43.9 Å². The van der Waals surface area contributed by atoms with E-state index >= 15 is 0 Å². The van der Waals surface area contributed by atoms with Gasteiger partial charge in [-0.05, 0) is 65.3 Å². The highest BCUT2D eigenvalue weighted by Gasteiger charge is 2.82. The molecule has 2 aliphatic rings. The maximum absolute atomic E-state index is 14.2. The summed E-state index contributed by atoms with van der Waals surface area (Å²) < 4.78 is 56.6. The predicted octanol–water partition coefficient (Wildman–Crippen LogP) is 8.89. The minimum Gasteiger partial charge on any atom is -0.450 e. The molecule has 3 aromatic carbocycles. The molecule has 3 unspecified atom stereocenters. The molecule has 1 fully saturated rings. The molecule has 1 aliphatic carbocycles. The smallest absolute Gasteiger partial charge is 0.449 e. The van der Waals surface area contributed by atoms with E-state index in [-0.39, 0.29) is 16.7 Å². The number of fused-ring (bicyclic) bond motifs is 13. The zero-order chi connectivity index (χ0) is 29.4. The Balaban J connectivity index is 1.79. The molecular formula is C35H35F3NO2+. The molecule has 6 heteroatoms. The van der Waals surface area contributed by atoms with E-state index in [0.29, 0.717) is 17.6 Å². The van der Waals surface area contributed by atoms with Crippen LogP contribution in [0.3, 0.4) is 0 Å². The quantitative estimate of drug-likeness (QED) is 0.202. The highest BCUT2D eigenvalue weighted by atomic mass is 19.4. The number of furan rings is 1. The molecule has 0 amide bonds. The Labute approximate surface area is 237 Å². The molecule has 2 aromatic heterocycles. The van der Waals surface area contributed by atoms with Crippen LogP contribution in [0.1, 0.15) is 62.6 Å². The van der Waals surface area contributed by atoms with Gasteiger partial charge in [0, 0.05) is 26.2 Å². The third-order valence-corrected chi connectivity index (χ3v) is 10.2. The van der Waals surface area contributed by atoms with Crippen LogP contribution in [0.2, 0.25) is 0 Å². The third kappa shape index (κ3) is 3.17. The maximum atomic E-state index is 14.2. The third-order valence-electron chi connectivity index (χ3n) is 10.2. The van der Waals surface area contributed by atoms with Crippen LogP contribution < -0.4 is 4.57 Å². The number of alkyl halides is 3. The van der Waals surface area contributed by atoms with E-state index in [2.05, 4.69) is 75.6 Å². The van der Waals surface area contributed by atoms with Crippen molar-refractivity contribution in [3.63, 3.8) is 0 Å². The zero-order valence-electron chi connectivity index (χ0n) is 24.8. The van der Waals surface area contributed by atoms with Gasteiger partial charge < -0.3 is 9.15 Å². The minimum atomic E-state index is -4.60. The van der Waals surface area contributed by atoms with E-state index in [0.717, 1.165) is 38.7 Å². The summed E-state index contributed by atoms with van der Waals surface area (Å²) in [4.78, 5) is 0. The first-order valence-electron chi connectivity index (χ1n) is 14.2. The van der Waals surface area contributed by atoms with Crippen LogP contribution in [0.4, 0.5) is 13.2 Å². The van der Waals surface area contributed by atoms with Crippen molar-refractivity contribution in [3.05, 3.63) is 76.5 Å². The molecule has 41 heavy (non-hydrogen) atoms. The summed E-state index contributed by atoms with van der Waals surface area (Å²) in [7, 11) is 1.73. The Morgan fingerprint density at radius 3 is 2.27 bits per heavy atom. The Kier molecular flexibility index (Phi) is 5.12. The molecule has 212 valence electrons. The highest BCUT2D eigenvalue weighted by Crippen LogP contribution is 2.70. The van der Waals surface area contributed by atoms with Gasteiger partial charge >= 0.3 is 6.18 Å². The maximum Gasteiger partial charge on any atom is 0.449 e. The molecule has 7 rings (SSSR count). The fourth-order valence-corrected chi connectivity index (χ4v) is 8.24. The molecule has 3 nitrogen and oxygen atoms in total. The van der Waals surface area contributed by atoms with Crippen molar-refractivity contribution >= 4 is 32.6 Å². The topological polar surface area (TPSA) is 26.2 Å². The summed E-state index contributed by atoms with van der Waals surface area (Å²) in [5.41, 5.74) is 6.36. The van der Waals surface area contributed by atoms with E-state index < -0.39 is 17.5 Å². The summed E-state index contributed by atoms with van der Waals surface area (Å²) in [6, 6.07) is 16.1. The van der Waals surface area contributed by atoms with E-state index in [1.807, 2.05) is 19.9 Å². The number of aromatic nitrogens is 1. The van der Waals surface area contributed by atoms with Gasteiger partial charge in [-0.2, -0.15) is 17.7 Å².